The summed E-state index contributed by atoms with van der Waals surface area (Å²) in [6, 6.07) is -0.574. The molecule has 0 spiro atoms. The zero-order valence-corrected chi connectivity index (χ0v) is 38.3. The fourth-order valence-corrected chi connectivity index (χ4v) is 8.36. The van der Waals surface area contributed by atoms with Crippen LogP contribution in [0.1, 0.15) is 136 Å². The molecule has 356 valence electrons. The Labute approximate surface area is 372 Å². The smallest absolute Gasteiger partial charge is 0.407 e. The number of aliphatic carboxylic acids is 1. The molecule has 0 aromatic carbocycles. The molecule has 2 fully saturated rings. The van der Waals surface area contributed by atoms with Crippen LogP contribution < -0.4 is 31.9 Å². The Morgan fingerprint density at radius 2 is 1.26 bits per heavy atom. The minimum absolute atomic E-state index is 0.0273. The minimum atomic E-state index is -1.06. The molecular formula is C43H76N6O12S. The first-order chi connectivity index (χ1) is 29.7. The summed E-state index contributed by atoms with van der Waals surface area (Å²) in [5, 5.41) is 26.5. The van der Waals surface area contributed by atoms with Crippen LogP contribution in [0.5, 0.6) is 0 Å². The van der Waals surface area contributed by atoms with Gasteiger partial charge in [-0.1, -0.05) is 19.3 Å². The fraction of sp³-hybridized carbons (Fsp3) is 0.837. The lowest BCUT2D eigenvalue weighted by atomic mass is 10.0. The van der Waals surface area contributed by atoms with Crippen molar-refractivity contribution < 1.29 is 57.6 Å². The largest absolute Gasteiger partial charge is 0.481 e. The number of fused-ring (bicyclic) bond motifs is 1. The van der Waals surface area contributed by atoms with Crippen LogP contribution in [0.4, 0.5) is 9.59 Å². The maximum Gasteiger partial charge on any atom is 0.407 e. The molecule has 62 heavy (non-hydrogen) atoms. The lowest BCUT2D eigenvalue weighted by Crippen LogP contribution is -2.47. The SMILES string of the molecule is CC(C)(C)OC(=O)NCCCCCC(=O)NCCCCCC(=O)N[C@@H](CCC(=O)O)C(=O)NCCCOCCOCCOCCCCC(=O)CCCC[C@@H]1SC[C@@H]2NC(=O)N[C@@H]21. The first kappa shape index (κ1) is 54.5. The molecule has 0 bridgehead atoms. The average molecular weight is 901 g/mol. The highest BCUT2D eigenvalue weighted by atomic mass is 32.2. The number of hydrogen-bond donors (Lipinski definition) is 7. The first-order valence-corrected chi connectivity index (χ1v) is 23.7. The van der Waals surface area contributed by atoms with Gasteiger partial charge in [-0.3, -0.25) is 24.0 Å². The zero-order valence-electron chi connectivity index (χ0n) is 37.5. The van der Waals surface area contributed by atoms with Gasteiger partial charge in [0.1, 0.15) is 17.4 Å². The maximum absolute atomic E-state index is 12.8. The average Bonchev–Trinajstić information content (AvgIpc) is 3.77. The normalized spacial score (nSPS) is 17.3. The second-order valence-electron chi connectivity index (χ2n) is 16.8. The van der Waals surface area contributed by atoms with E-state index in [9.17, 15) is 33.6 Å². The van der Waals surface area contributed by atoms with Crippen LogP contribution in [0.15, 0.2) is 0 Å². The second-order valence-corrected chi connectivity index (χ2v) is 18.1. The summed E-state index contributed by atoms with van der Waals surface area (Å²) < 4.78 is 21.9. The predicted molar refractivity (Wildman–Crippen MR) is 236 cm³/mol. The van der Waals surface area contributed by atoms with Gasteiger partial charge >= 0.3 is 18.1 Å². The van der Waals surface area contributed by atoms with E-state index in [1.54, 1.807) is 20.8 Å². The molecule has 2 heterocycles. The molecule has 0 unspecified atom stereocenters. The van der Waals surface area contributed by atoms with Crippen LogP contribution in [0.25, 0.3) is 0 Å². The topological polar surface area (TPSA) is 249 Å². The third-order valence-electron chi connectivity index (χ3n) is 10.1. The molecule has 0 radical (unpaired) electrons. The number of carbonyl (C=O) groups is 7. The molecule has 19 heteroatoms. The van der Waals surface area contributed by atoms with Crippen LogP contribution in [0.3, 0.4) is 0 Å². The van der Waals surface area contributed by atoms with Gasteiger partial charge in [-0.05, 0) is 85.0 Å². The lowest BCUT2D eigenvalue weighted by Gasteiger charge is -2.19. The van der Waals surface area contributed by atoms with Gasteiger partial charge in [0, 0.05) is 76.0 Å². The molecule has 7 N–H and O–H groups in total. The van der Waals surface area contributed by atoms with Crippen LogP contribution in [0.2, 0.25) is 0 Å². The molecule has 2 rings (SSSR count). The number of hydrogen-bond acceptors (Lipinski definition) is 12. The van der Waals surface area contributed by atoms with Gasteiger partial charge in [-0.25, -0.2) is 9.59 Å². The van der Waals surface area contributed by atoms with Gasteiger partial charge in [0.25, 0.3) is 0 Å². The number of carboxylic acid groups (broad SMARTS) is 1. The summed E-state index contributed by atoms with van der Waals surface area (Å²) in [4.78, 5) is 83.9. The summed E-state index contributed by atoms with van der Waals surface area (Å²) in [6.07, 6.45) is 10.3. The van der Waals surface area contributed by atoms with Gasteiger partial charge in [-0.2, -0.15) is 11.8 Å². The van der Waals surface area contributed by atoms with Gasteiger partial charge in [0.05, 0.1) is 38.5 Å². The Bertz CT molecular complexity index is 1350. The van der Waals surface area contributed by atoms with Crippen LogP contribution in [-0.4, -0.2) is 141 Å². The van der Waals surface area contributed by atoms with Crippen molar-refractivity contribution in [2.45, 2.75) is 165 Å². The Morgan fingerprint density at radius 3 is 1.92 bits per heavy atom. The quantitative estimate of drug-likeness (QED) is 0.0343. The van der Waals surface area contributed by atoms with E-state index in [0.717, 1.165) is 50.7 Å². The van der Waals surface area contributed by atoms with Crippen molar-refractivity contribution in [3.8, 4) is 0 Å². The van der Waals surface area contributed by atoms with Gasteiger partial charge < -0.3 is 56.0 Å². The summed E-state index contributed by atoms with van der Waals surface area (Å²) in [5.74, 6) is -0.637. The Kier molecular flexibility index (Phi) is 28.9. The van der Waals surface area contributed by atoms with Crippen molar-refractivity contribution in [2.75, 3.05) is 65.0 Å². The van der Waals surface area contributed by atoms with Gasteiger partial charge in [0.15, 0.2) is 0 Å². The second kappa shape index (κ2) is 32.9. The number of carboxylic acids is 1. The van der Waals surface area contributed by atoms with E-state index in [1.807, 2.05) is 11.8 Å². The number of rotatable bonds is 37. The number of ketones is 1. The number of ether oxygens (including phenoxy) is 4. The Balaban J connectivity index is 1.38. The number of thioether (sulfide) groups is 1. The molecule has 0 aliphatic carbocycles. The molecule has 2 aliphatic heterocycles. The number of Topliss-reactive ketones (excluding diaryl/α,β-unsaturated/α-hetero) is 1. The van der Waals surface area contributed by atoms with Crippen molar-refractivity contribution in [3.05, 3.63) is 0 Å². The molecule has 6 amide bonds. The number of alkyl carbamates (subject to hydrolysis) is 1. The van der Waals surface area contributed by atoms with Crippen molar-refractivity contribution >= 4 is 53.4 Å². The van der Waals surface area contributed by atoms with Crippen molar-refractivity contribution in [3.63, 3.8) is 0 Å². The highest BCUT2D eigenvalue weighted by molar-refractivity contribution is 8.00. The van der Waals surface area contributed by atoms with E-state index in [0.29, 0.717) is 122 Å². The van der Waals surface area contributed by atoms with E-state index >= 15 is 0 Å². The summed E-state index contributed by atoms with van der Waals surface area (Å²) in [6.45, 7) is 9.32. The van der Waals surface area contributed by atoms with Gasteiger partial charge in [0.2, 0.25) is 17.7 Å². The molecule has 2 aliphatic rings. The van der Waals surface area contributed by atoms with Crippen molar-refractivity contribution in [1.29, 1.82) is 0 Å². The maximum atomic E-state index is 12.8. The molecule has 0 saturated carbocycles. The molecule has 0 aromatic rings. The van der Waals surface area contributed by atoms with Gasteiger partial charge in [-0.15, -0.1) is 0 Å². The van der Waals surface area contributed by atoms with E-state index in [1.165, 1.54) is 0 Å². The highest BCUT2D eigenvalue weighted by Gasteiger charge is 2.42. The van der Waals surface area contributed by atoms with Crippen LogP contribution in [-0.2, 0) is 42.9 Å². The zero-order chi connectivity index (χ0) is 45.4. The highest BCUT2D eigenvalue weighted by Crippen LogP contribution is 2.33. The van der Waals surface area contributed by atoms with Crippen molar-refractivity contribution in [2.24, 2.45) is 0 Å². The summed E-state index contributed by atoms with van der Waals surface area (Å²) in [7, 11) is 0. The van der Waals surface area contributed by atoms with E-state index in [-0.39, 0.29) is 49.2 Å². The van der Waals surface area contributed by atoms with Crippen molar-refractivity contribution in [1.82, 2.24) is 31.9 Å². The minimum Gasteiger partial charge on any atom is -0.481 e. The predicted octanol–water partition coefficient (Wildman–Crippen LogP) is 4.12. The lowest BCUT2D eigenvalue weighted by molar-refractivity contribution is -0.138. The molecule has 4 atom stereocenters. The van der Waals surface area contributed by atoms with Crippen LogP contribution >= 0.6 is 11.8 Å². The molecular weight excluding hydrogens is 825 g/mol. The molecule has 2 saturated heterocycles. The number of amides is 6. The van der Waals surface area contributed by atoms with E-state index in [4.69, 9.17) is 24.1 Å². The Morgan fingerprint density at radius 1 is 0.677 bits per heavy atom. The summed E-state index contributed by atoms with van der Waals surface area (Å²) in [5.41, 5.74) is -0.541. The molecule has 0 aromatic heterocycles. The van der Waals surface area contributed by atoms with E-state index in [2.05, 4.69) is 31.9 Å². The molecule has 18 nitrogen and oxygen atoms in total. The fourth-order valence-electron chi connectivity index (χ4n) is 6.81. The first-order valence-electron chi connectivity index (χ1n) is 22.7. The number of nitrogens with one attached hydrogen (secondary N) is 6. The standard InChI is InChI=1S/C43H76N6O12S/c1-43(2,3)61-42(57)46-23-12-4-6-18-36(51)44-22-11-5-7-19-37(52)47-33(20-21-38(53)54)40(55)45-24-14-26-59-28-30-60-29-27-58-25-13-10-16-32(50)15-8-9-17-35-39-34(31-62-35)48-41(56)49-39/h33-35,39H,4-31H2,1-3H3,(H,44,51)(H,45,55)(H,46,57)(H,47,52)(H,53,54)(H2,48,49,56)/t33-,34-,35-,39-/m0/s1. The Hall–Kier alpha value is -3.68. The number of urea groups is 1. The van der Waals surface area contributed by atoms with Crippen LogP contribution in [0, 0.1) is 0 Å². The number of carbonyl (C=O) groups excluding carboxylic acids is 6. The summed E-state index contributed by atoms with van der Waals surface area (Å²) >= 11 is 1.90. The third kappa shape index (κ3) is 28.1. The number of unbranched alkanes of at least 4 members (excludes halogenated alkanes) is 6. The monoisotopic (exact) mass is 901 g/mol. The third-order valence-corrected chi connectivity index (χ3v) is 11.6. The van der Waals surface area contributed by atoms with E-state index < -0.39 is 29.6 Å².